The average molecular weight is 302 g/mol. The van der Waals surface area contributed by atoms with E-state index in [0.29, 0.717) is 17.1 Å². The number of rotatable bonds is 9. The van der Waals surface area contributed by atoms with Gasteiger partial charge in [0.1, 0.15) is 4.90 Å². The van der Waals surface area contributed by atoms with E-state index in [9.17, 15) is 8.42 Å². The number of hydrogen-bond acceptors (Lipinski definition) is 4. The molecule has 0 amide bonds. The molecule has 0 aliphatic carbocycles. The highest BCUT2D eigenvalue weighted by Gasteiger charge is 2.16. The lowest BCUT2D eigenvalue weighted by Gasteiger charge is -2.12. The van der Waals surface area contributed by atoms with Gasteiger partial charge in [-0.15, -0.1) is 0 Å². The minimum Gasteiger partial charge on any atom is -0.384 e. The molecule has 0 heterocycles. The van der Waals surface area contributed by atoms with Crippen molar-refractivity contribution in [3.05, 3.63) is 24.3 Å². The third kappa shape index (κ3) is 5.42. The van der Waals surface area contributed by atoms with Crippen molar-refractivity contribution in [2.75, 3.05) is 30.4 Å². The van der Waals surface area contributed by atoms with Crippen molar-refractivity contribution in [2.45, 2.75) is 24.7 Å². The van der Waals surface area contributed by atoms with Crippen molar-refractivity contribution in [3.63, 3.8) is 0 Å². The van der Waals surface area contributed by atoms with Crippen LogP contribution in [0.1, 0.15) is 19.8 Å². The van der Waals surface area contributed by atoms with E-state index in [4.69, 9.17) is 0 Å². The van der Waals surface area contributed by atoms with Crippen LogP contribution in [0.25, 0.3) is 0 Å². The van der Waals surface area contributed by atoms with E-state index in [1.807, 2.05) is 13.0 Å². The summed E-state index contributed by atoms with van der Waals surface area (Å²) in [4.78, 5) is 0.326. The molecule has 0 unspecified atom stereocenters. The predicted molar refractivity (Wildman–Crippen MR) is 83.4 cm³/mol. The molecule has 4 nitrogen and oxygen atoms in total. The molecule has 0 saturated heterocycles. The maximum absolute atomic E-state index is 12.1. The number of sulfonamides is 1. The van der Waals surface area contributed by atoms with Crippen LogP contribution in [-0.4, -0.2) is 33.5 Å². The summed E-state index contributed by atoms with van der Waals surface area (Å²) in [5, 5.41) is 3.20. The summed E-state index contributed by atoms with van der Waals surface area (Å²) in [7, 11) is -3.41. The SMILES string of the molecule is CCCNS(=O)(=O)c1ccccc1NCCCSC. The Bertz CT molecular complexity index is 475. The van der Waals surface area contributed by atoms with Gasteiger partial charge in [-0.05, 0) is 37.0 Å². The Hall–Kier alpha value is -0.720. The van der Waals surface area contributed by atoms with Crippen LogP contribution in [0.4, 0.5) is 5.69 Å². The Morgan fingerprint density at radius 2 is 1.95 bits per heavy atom. The zero-order valence-electron chi connectivity index (χ0n) is 11.5. The molecule has 1 rings (SSSR count). The van der Waals surface area contributed by atoms with Gasteiger partial charge >= 0.3 is 0 Å². The van der Waals surface area contributed by atoms with Gasteiger partial charge in [-0.3, -0.25) is 0 Å². The Morgan fingerprint density at radius 3 is 2.63 bits per heavy atom. The standard InChI is InChI=1S/C13H22N2O2S2/c1-3-9-15-19(16,17)13-8-5-4-7-12(13)14-10-6-11-18-2/h4-5,7-8,14-15H,3,6,9-11H2,1-2H3. The fourth-order valence-corrected chi connectivity index (χ4v) is 3.35. The number of para-hydroxylation sites is 1. The van der Waals surface area contributed by atoms with Crippen molar-refractivity contribution < 1.29 is 8.42 Å². The molecule has 0 radical (unpaired) electrons. The van der Waals surface area contributed by atoms with Gasteiger partial charge in [-0.2, -0.15) is 11.8 Å². The smallest absolute Gasteiger partial charge is 0.242 e. The van der Waals surface area contributed by atoms with Crippen LogP contribution in [0.5, 0.6) is 0 Å². The van der Waals surface area contributed by atoms with E-state index in [-0.39, 0.29) is 0 Å². The zero-order valence-corrected chi connectivity index (χ0v) is 13.1. The van der Waals surface area contributed by atoms with Crippen LogP contribution in [-0.2, 0) is 10.0 Å². The lowest BCUT2D eigenvalue weighted by atomic mass is 10.3. The van der Waals surface area contributed by atoms with Crippen molar-refractivity contribution in [2.24, 2.45) is 0 Å². The molecule has 0 aliphatic heterocycles. The third-order valence-corrected chi connectivity index (χ3v) is 4.78. The Kier molecular flexibility index (Phi) is 7.27. The Morgan fingerprint density at radius 1 is 1.21 bits per heavy atom. The van der Waals surface area contributed by atoms with E-state index in [1.165, 1.54) is 0 Å². The number of nitrogens with one attached hydrogen (secondary N) is 2. The first-order valence-electron chi connectivity index (χ1n) is 6.43. The molecule has 0 aliphatic rings. The highest BCUT2D eigenvalue weighted by Crippen LogP contribution is 2.20. The van der Waals surface area contributed by atoms with Crippen LogP contribution < -0.4 is 10.0 Å². The average Bonchev–Trinajstić information content (AvgIpc) is 2.42. The first-order valence-corrected chi connectivity index (χ1v) is 9.31. The summed E-state index contributed by atoms with van der Waals surface area (Å²) in [5.74, 6) is 1.07. The van der Waals surface area contributed by atoms with E-state index in [2.05, 4.69) is 16.3 Å². The topological polar surface area (TPSA) is 58.2 Å². The van der Waals surface area contributed by atoms with Crippen LogP contribution in [0.15, 0.2) is 29.2 Å². The first kappa shape index (κ1) is 16.3. The number of anilines is 1. The maximum Gasteiger partial charge on any atom is 0.242 e. The van der Waals surface area contributed by atoms with Gasteiger partial charge in [0.15, 0.2) is 0 Å². The normalized spacial score (nSPS) is 11.5. The molecule has 0 saturated carbocycles. The van der Waals surface area contributed by atoms with Crippen molar-refractivity contribution in [3.8, 4) is 0 Å². The van der Waals surface area contributed by atoms with Crippen LogP contribution >= 0.6 is 11.8 Å². The second kappa shape index (κ2) is 8.45. The predicted octanol–water partition coefficient (Wildman–Crippen LogP) is 2.54. The molecule has 1 aromatic rings. The quantitative estimate of drug-likeness (QED) is 0.688. The monoisotopic (exact) mass is 302 g/mol. The fraction of sp³-hybridized carbons (Fsp3) is 0.538. The fourth-order valence-electron chi connectivity index (χ4n) is 1.60. The Labute approximate surface area is 120 Å². The van der Waals surface area contributed by atoms with Crippen LogP contribution in [0.3, 0.4) is 0 Å². The minimum atomic E-state index is -3.41. The molecule has 0 bridgehead atoms. The number of thioether (sulfide) groups is 1. The van der Waals surface area contributed by atoms with Gasteiger partial charge in [0.25, 0.3) is 0 Å². The van der Waals surface area contributed by atoms with E-state index >= 15 is 0 Å². The second-order valence-corrected chi connectivity index (χ2v) is 6.89. The summed E-state index contributed by atoms with van der Waals surface area (Å²) in [6.45, 7) is 3.18. The molecule has 2 N–H and O–H groups in total. The minimum absolute atomic E-state index is 0.326. The second-order valence-electron chi connectivity index (χ2n) is 4.17. The van der Waals surface area contributed by atoms with Gasteiger partial charge in [-0.1, -0.05) is 19.1 Å². The zero-order chi connectivity index (χ0) is 14.1. The molecule has 0 spiro atoms. The van der Waals surface area contributed by atoms with Crippen molar-refractivity contribution in [1.29, 1.82) is 0 Å². The molecular formula is C13H22N2O2S2. The lowest BCUT2D eigenvalue weighted by Crippen LogP contribution is -2.25. The van der Waals surface area contributed by atoms with Gasteiger partial charge in [0.2, 0.25) is 10.0 Å². The molecule has 0 aromatic heterocycles. The van der Waals surface area contributed by atoms with Crippen molar-refractivity contribution in [1.82, 2.24) is 4.72 Å². The van der Waals surface area contributed by atoms with Crippen LogP contribution in [0.2, 0.25) is 0 Å². The summed E-state index contributed by atoms with van der Waals surface area (Å²) in [6, 6.07) is 7.03. The Balaban J connectivity index is 2.77. The molecule has 19 heavy (non-hydrogen) atoms. The van der Waals surface area contributed by atoms with Gasteiger partial charge in [0, 0.05) is 13.1 Å². The summed E-state index contributed by atoms with van der Waals surface area (Å²) < 4.78 is 26.9. The number of benzene rings is 1. The van der Waals surface area contributed by atoms with Crippen LogP contribution in [0, 0.1) is 0 Å². The largest absolute Gasteiger partial charge is 0.384 e. The molecule has 1 aromatic carbocycles. The molecule has 108 valence electrons. The van der Waals surface area contributed by atoms with Gasteiger partial charge in [-0.25, -0.2) is 13.1 Å². The highest BCUT2D eigenvalue weighted by molar-refractivity contribution is 7.98. The van der Waals surface area contributed by atoms with E-state index in [0.717, 1.165) is 25.1 Å². The maximum atomic E-state index is 12.1. The lowest BCUT2D eigenvalue weighted by molar-refractivity contribution is 0.581. The number of hydrogen-bond donors (Lipinski definition) is 2. The van der Waals surface area contributed by atoms with Gasteiger partial charge < -0.3 is 5.32 Å². The van der Waals surface area contributed by atoms with Gasteiger partial charge in [0.05, 0.1) is 5.69 Å². The molecule has 0 fully saturated rings. The summed E-state index contributed by atoms with van der Waals surface area (Å²) >= 11 is 1.79. The van der Waals surface area contributed by atoms with E-state index in [1.54, 1.807) is 30.0 Å². The third-order valence-electron chi connectivity index (χ3n) is 2.56. The first-order chi connectivity index (χ1) is 9.11. The van der Waals surface area contributed by atoms with E-state index < -0.39 is 10.0 Å². The van der Waals surface area contributed by atoms with Crippen molar-refractivity contribution >= 4 is 27.5 Å². The molecule has 6 heteroatoms. The summed E-state index contributed by atoms with van der Waals surface area (Å²) in [5.41, 5.74) is 0.673. The molecule has 0 atom stereocenters. The highest BCUT2D eigenvalue weighted by atomic mass is 32.2. The summed E-state index contributed by atoms with van der Waals surface area (Å²) in [6.07, 6.45) is 3.85. The molecular weight excluding hydrogens is 280 g/mol.